The van der Waals surface area contributed by atoms with E-state index in [4.69, 9.17) is 4.55 Å². The van der Waals surface area contributed by atoms with E-state index >= 15 is 0 Å². The molecule has 76 valence electrons. The Morgan fingerprint density at radius 3 is 2.54 bits per heavy atom. The zero-order valence-electron chi connectivity index (χ0n) is 7.10. The van der Waals surface area contributed by atoms with E-state index in [1.54, 1.807) is 0 Å². The normalized spacial score (nSPS) is 10.8. The SMILES string of the molecule is C=CC(=O)OCCCCS(=O)(=O)O. The molecule has 0 atom stereocenters. The summed E-state index contributed by atoms with van der Waals surface area (Å²) < 4.78 is 33.3. The number of unbranched alkanes of at least 4 members (excludes halogenated alkanes) is 1. The summed E-state index contributed by atoms with van der Waals surface area (Å²) >= 11 is 0. The van der Waals surface area contributed by atoms with Gasteiger partial charge in [0.05, 0.1) is 12.4 Å². The van der Waals surface area contributed by atoms with Crippen molar-refractivity contribution in [2.45, 2.75) is 12.8 Å². The highest BCUT2D eigenvalue weighted by Gasteiger charge is 2.03. The number of ether oxygens (including phenoxy) is 1. The molecule has 0 radical (unpaired) electrons. The molecule has 0 aliphatic heterocycles. The van der Waals surface area contributed by atoms with Crippen LogP contribution in [0.3, 0.4) is 0 Å². The highest BCUT2D eigenvalue weighted by atomic mass is 32.2. The summed E-state index contributed by atoms with van der Waals surface area (Å²) in [5, 5.41) is 0. The van der Waals surface area contributed by atoms with E-state index < -0.39 is 16.1 Å². The topological polar surface area (TPSA) is 80.7 Å². The molecule has 13 heavy (non-hydrogen) atoms. The smallest absolute Gasteiger partial charge is 0.330 e. The third kappa shape index (κ3) is 9.03. The van der Waals surface area contributed by atoms with Crippen molar-refractivity contribution in [3.8, 4) is 0 Å². The molecule has 0 rings (SSSR count). The molecule has 0 fully saturated rings. The first kappa shape index (κ1) is 12.1. The van der Waals surface area contributed by atoms with Crippen LogP contribution in [0.5, 0.6) is 0 Å². The van der Waals surface area contributed by atoms with E-state index in [-0.39, 0.29) is 18.8 Å². The van der Waals surface area contributed by atoms with Gasteiger partial charge in [-0.3, -0.25) is 4.55 Å². The molecule has 1 N–H and O–H groups in total. The van der Waals surface area contributed by atoms with Gasteiger partial charge < -0.3 is 4.74 Å². The fraction of sp³-hybridized carbons (Fsp3) is 0.571. The Hall–Kier alpha value is -0.880. The Morgan fingerprint density at radius 2 is 2.08 bits per heavy atom. The third-order valence-electron chi connectivity index (χ3n) is 1.21. The first-order valence-corrected chi connectivity index (χ1v) is 5.31. The summed E-state index contributed by atoms with van der Waals surface area (Å²) in [4.78, 5) is 10.5. The van der Waals surface area contributed by atoms with Crippen LogP contribution in [-0.4, -0.2) is 31.3 Å². The molecule has 5 nitrogen and oxygen atoms in total. The third-order valence-corrected chi connectivity index (χ3v) is 2.01. The summed E-state index contributed by atoms with van der Waals surface area (Å²) in [7, 11) is -3.89. The zero-order valence-corrected chi connectivity index (χ0v) is 7.92. The fourth-order valence-electron chi connectivity index (χ4n) is 0.618. The minimum Gasteiger partial charge on any atom is -0.463 e. The number of esters is 1. The Balaban J connectivity index is 3.38. The largest absolute Gasteiger partial charge is 0.463 e. The van der Waals surface area contributed by atoms with E-state index in [9.17, 15) is 13.2 Å². The van der Waals surface area contributed by atoms with Crippen LogP contribution < -0.4 is 0 Å². The Labute approximate surface area is 77.1 Å². The molecule has 0 aromatic rings. The van der Waals surface area contributed by atoms with Crippen LogP contribution in [0.4, 0.5) is 0 Å². The molecule has 0 amide bonds. The van der Waals surface area contributed by atoms with Crippen LogP contribution >= 0.6 is 0 Å². The monoisotopic (exact) mass is 208 g/mol. The molecule has 0 saturated heterocycles. The van der Waals surface area contributed by atoms with Gasteiger partial charge in [-0.15, -0.1) is 0 Å². The van der Waals surface area contributed by atoms with E-state index in [2.05, 4.69) is 11.3 Å². The van der Waals surface area contributed by atoms with Crippen molar-refractivity contribution in [3.63, 3.8) is 0 Å². The van der Waals surface area contributed by atoms with E-state index in [0.29, 0.717) is 6.42 Å². The molecule has 0 aromatic heterocycles. The Kier molecular flexibility index (Phi) is 5.33. The van der Waals surface area contributed by atoms with Gasteiger partial charge in [0.25, 0.3) is 10.1 Å². The standard InChI is InChI=1S/C7H12O5S/c1-2-7(8)12-5-3-4-6-13(9,10)11/h2H,1,3-6H2,(H,9,10,11). The lowest BCUT2D eigenvalue weighted by molar-refractivity contribution is -0.137. The van der Waals surface area contributed by atoms with Crippen molar-refractivity contribution < 1.29 is 22.5 Å². The summed E-state index contributed by atoms with van der Waals surface area (Å²) in [5.74, 6) is -0.842. The Bertz CT molecular complexity index is 267. The van der Waals surface area contributed by atoms with Crippen LogP contribution in [0.1, 0.15) is 12.8 Å². The predicted molar refractivity (Wildman–Crippen MR) is 46.8 cm³/mol. The summed E-state index contributed by atoms with van der Waals surface area (Å²) in [5.41, 5.74) is 0. The molecular formula is C7H12O5S. The first-order chi connectivity index (χ1) is 5.95. The number of carbonyl (C=O) groups excluding carboxylic acids is 1. The number of rotatable bonds is 6. The summed E-state index contributed by atoms with van der Waals surface area (Å²) in [6.07, 6.45) is 1.70. The highest BCUT2D eigenvalue weighted by molar-refractivity contribution is 7.85. The molecule has 0 heterocycles. The Morgan fingerprint density at radius 1 is 1.46 bits per heavy atom. The maximum atomic E-state index is 10.5. The minimum atomic E-state index is -3.89. The number of hydrogen-bond acceptors (Lipinski definition) is 4. The average Bonchev–Trinajstić information content (AvgIpc) is 2.01. The van der Waals surface area contributed by atoms with Gasteiger partial charge in [0.15, 0.2) is 0 Å². The van der Waals surface area contributed by atoms with Gasteiger partial charge in [-0.2, -0.15) is 8.42 Å². The summed E-state index contributed by atoms with van der Waals surface area (Å²) in [6, 6.07) is 0. The maximum Gasteiger partial charge on any atom is 0.330 e. The molecule has 6 heteroatoms. The lowest BCUT2D eigenvalue weighted by Gasteiger charge is -2.00. The second-order valence-electron chi connectivity index (χ2n) is 2.36. The van der Waals surface area contributed by atoms with Gasteiger partial charge in [-0.1, -0.05) is 6.58 Å². The van der Waals surface area contributed by atoms with Crippen LogP contribution in [0.15, 0.2) is 12.7 Å². The molecule has 0 saturated carbocycles. The van der Waals surface area contributed by atoms with Gasteiger partial charge in [-0.25, -0.2) is 4.79 Å². The molecule has 0 aromatic carbocycles. The maximum absolute atomic E-state index is 10.5. The number of hydrogen-bond donors (Lipinski definition) is 1. The van der Waals surface area contributed by atoms with Crippen LogP contribution in [0.2, 0.25) is 0 Å². The van der Waals surface area contributed by atoms with E-state index in [1.807, 2.05) is 0 Å². The van der Waals surface area contributed by atoms with Crippen LogP contribution in [0, 0.1) is 0 Å². The van der Waals surface area contributed by atoms with Crippen molar-refractivity contribution >= 4 is 16.1 Å². The van der Waals surface area contributed by atoms with Gasteiger partial charge in [0.2, 0.25) is 0 Å². The van der Waals surface area contributed by atoms with Crippen molar-refractivity contribution in [2.24, 2.45) is 0 Å². The molecule has 0 spiro atoms. The van der Waals surface area contributed by atoms with Gasteiger partial charge in [0.1, 0.15) is 0 Å². The molecular weight excluding hydrogens is 196 g/mol. The second kappa shape index (κ2) is 5.71. The summed E-state index contributed by atoms with van der Waals surface area (Å²) in [6.45, 7) is 3.33. The van der Waals surface area contributed by atoms with Crippen LogP contribution in [-0.2, 0) is 19.6 Å². The van der Waals surface area contributed by atoms with Gasteiger partial charge in [-0.05, 0) is 12.8 Å². The highest BCUT2D eigenvalue weighted by Crippen LogP contribution is 1.95. The zero-order chi connectivity index (χ0) is 10.3. The molecule has 0 bridgehead atoms. The lowest BCUT2D eigenvalue weighted by atomic mass is 10.4. The second-order valence-corrected chi connectivity index (χ2v) is 3.94. The minimum absolute atomic E-state index is 0.139. The molecule has 0 aliphatic carbocycles. The number of carbonyl (C=O) groups is 1. The fourth-order valence-corrected chi connectivity index (χ4v) is 1.19. The average molecular weight is 208 g/mol. The first-order valence-electron chi connectivity index (χ1n) is 3.70. The van der Waals surface area contributed by atoms with Crippen molar-refractivity contribution in [3.05, 3.63) is 12.7 Å². The predicted octanol–water partition coefficient (Wildman–Crippen LogP) is 0.384. The molecule has 0 unspecified atom stereocenters. The van der Waals surface area contributed by atoms with Crippen LogP contribution in [0.25, 0.3) is 0 Å². The van der Waals surface area contributed by atoms with E-state index in [1.165, 1.54) is 0 Å². The molecule has 0 aliphatic rings. The van der Waals surface area contributed by atoms with Gasteiger partial charge >= 0.3 is 5.97 Å². The lowest BCUT2D eigenvalue weighted by Crippen LogP contribution is -2.06. The van der Waals surface area contributed by atoms with Crippen molar-refractivity contribution in [1.82, 2.24) is 0 Å². The quantitative estimate of drug-likeness (QED) is 0.295. The van der Waals surface area contributed by atoms with Crippen molar-refractivity contribution in [2.75, 3.05) is 12.4 Å². The van der Waals surface area contributed by atoms with Crippen molar-refractivity contribution in [1.29, 1.82) is 0 Å². The van der Waals surface area contributed by atoms with Gasteiger partial charge in [0, 0.05) is 6.08 Å². The van der Waals surface area contributed by atoms with E-state index in [0.717, 1.165) is 6.08 Å².